The molecule has 0 aliphatic carbocycles. The van der Waals surface area contributed by atoms with Crippen molar-refractivity contribution in [3.05, 3.63) is 11.6 Å². The number of thioether (sulfide) groups is 1. The van der Waals surface area contributed by atoms with Gasteiger partial charge in [0.25, 0.3) is 0 Å². The van der Waals surface area contributed by atoms with E-state index in [1.807, 2.05) is 5.38 Å². The van der Waals surface area contributed by atoms with Crippen molar-refractivity contribution in [1.29, 1.82) is 0 Å². The van der Waals surface area contributed by atoms with Crippen LogP contribution < -0.4 is 11.1 Å². The summed E-state index contributed by atoms with van der Waals surface area (Å²) >= 11 is 3.09. The number of amides is 1. The fourth-order valence-electron chi connectivity index (χ4n) is 0.754. The highest BCUT2D eigenvalue weighted by Crippen LogP contribution is 2.24. The van der Waals surface area contributed by atoms with Gasteiger partial charge in [-0.2, -0.15) is 0 Å². The van der Waals surface area contributed by atoms with Crippen LogP contribution in [0, 0.1) is 0 Å². The lowest BCUT2D eigenvalue weighted by Gasteiger charge is -2.24. The third kappa shape index (κ3) is 2.70. The van der Waals surface area contributed by atoms with Crippen molar-refractivity contribution in [2.24, 2.45) is 5.73 Å². The fourth-order valence-corrected chi connectivity index (χ4v) is 2.56. The lowest BCUT2D eigenvalue weighted by molar-refractivity contribution is -0.122. The summed E-state index contributed by atoms with van der Waals surface area (Å²) in [5, 5.41) is 4.83. The third-order valence-corrected chi connectivity index (χ3v) is 4.27. The Morgan fingerprint density at radius 2 is 2.57 bits per heavy atom. The summed E-state index contributed by atoms with van der Waals surface area (Å²) in [6.45, 7) is 1.79. The standard InChI is InChI=1S/C8H13N3OS2/c1-8(10-2,6(9)12)5-14-7-11-3-4-13-7/h3-4,10H,5H2,1-2H3,(H2,9,12). The minimum atomic E-state index is -0.670. The van der Waals surface area contributed by atoms with Crippen molar-refractivity contribution >= 4 is 29.0 Å². The summed E-state index contributed by atoms with van der Waals surface area (Å²) in [4.78, 5) is 15.3. The van der Waals surface area contributed by atoms with Crippen LogP contribution in [0.15, 0.2) is 15.9 Å². The molecule has 1 aromatic heterocycles. The lowest BCUT2D eigenvalue weighted by Crippen LogP contribution is -2.53. The van der Waals surface area contributed by atoms with Crippen LogP contribution in [-0.2, 0) is 4.79 Å². The smallest absolute Gasteiger partial charge is 0.238 e. The monoisotopic (exact) mass is 231 g/mol. The number of primary amides is 1. The second-order valence-corrected chi connectivity index (χ2v) is 5.15. The largest absolute Gasteiger partial charge is 0.368 e. The summed E-state index contributed by atoms with van der Waals surface area (Å²) in [5.74, 6) is 0.246. The molecule has 0 spiro atoms. The van der Waals surface area contributed by atoms with Gasteiger partial charge < -0.3 is 11.1 Å². The van der Waals surface area contributed by atoms with Crippen molar-refractivity contribution in [2.45, 2.75) is 16.8 Å². The summed E-state index contributed by atoms with van der Waals surface area (Å²) in [5.41, 5.74) is 4.62. The van der Waals surface area contributed by atoms with E-state index in [-0.39, 0.29) is 5.91 Å². The number of carbonyl (C=O) groups excluding carboxylic acids is 1. The number of carbonyl (C=O) groups is 1. The molecule has 3 N–H and O–H groups in total. The molecule has 1 atom stereocenters. The molecule has 0 aliphatic heterocycles. The second kappa shape index (κ2) is 4.77. The minimum Gasteiger partial charge on any atom is -0.368 e. The van der Waals surface area contributed by atoms with Gasteiger partial charge in [-0.3, -0.25) is 4.79 Å². The number of nitrogens with two attached hydrogens (primary N) is 1. The van der Waals surface area contributed by atoms with E-state index in [9.17, 15) is 4.79 Å². The molecule has 6 heteroatoms. The van der Waals surface area contributed by atoms with Gasteiger partial charge in [-0.15, -0.1) is 11.3 Å². The van der Waals surface area contributed by atoms with Gasteiger partial charge in [-0.05, 0) is 14.0 Å². The van der Waals surface area contributed by atoms with Crippen LogP contribution in [0.2, 0.25) is 0 Å². The molecule has 0 bridgehead atoms. The number of thiazole rings is 1. The Labute approximate surface area is 91.3 Å². The SMILES string of the molecule is CNC(C)(CSc1nccs1)C(N)=O. The highest BCUT2D eigenvalue weighted by atomic mass is 32.2. The molecule has 0 fully saturated rings. The van der Waals surface area contributed by atoms with Gasteiger partial charge in [-0.1, -0.05) is 11.8 Å². The van der Waals surface area contributed by atoms with Crippen LogP contribution in [0.4, 0.5) is 0 Å². The number of nitrogens with one attached hydrogen (secondary N) is 1. The molecular formula is C8H13N3OS2. The van der Waals surface area contributed by atoms with E-state index in [4.69, 9.17) is 5.73 Å². The van der Waals surface area contributed by atoms with Gasteiger partial charge in [0.05, 0.1) is 0 Å². The van der Waals surface area contributed by atoms with Gasteiger partial charge in [-0.25, -0.2) is 4.98 Å². The Morgan fingerprint density at radius 3 is 3.00 bits per heavy atom. The molecule has 1 heterocycles. The van der Waals surface area contributed by atoms with Gasteiger partial charge in [0, 0.05) is 17.3 Å². The molecule has 0 saturated heterocycles. The molecule has 0 aromatic carbocycles. The zero-order valence-electron chi connectivity index (χ0n) is 8.11. The Kier molecular flexibility index (Phi) is 3.91. The van der Waals surface area contributed by atoms with Crippen molar-refractivity contribution in [2.75, 3.05) is 12.8 Å². The van der Waals surface area contributed by atoms with Crippen LogP contribution in [0.25, 0.3) is 0 Å². The maximum atomic E-state index is 11.1. The number of nitrogens with zero attached hydrogens (tertiary/aromatic N) is 1. The number of likely N-dealkylation sites (N-methyl/N-ethyl adjacent to an activating group) is 1. The Balaban J connectivity index is 2.54. The first kappa shape index (κ1) is 11.5. The number of hydrogen-bond acceptors (Lipinski definition) is 5. The molecule has 0 saturated carbocycles. The van der Waals surface area contributed by atoms with E-state index >= 15 is 0 Å². The maximum Gasteiger partial charge on any atom is 0.238 e. The molecular weight excluding hydrogens is 218 g/mol. The average molecular weight is 231 g/mol. The molecule has 4 nitrogen and oxygen atoms in total. The first-order chi connectivity index (χ1) is 6.58. The Bertz CT molecular complexity index is 302. The van der Waals surface area contributed by atoms with Crippen LogP contribution in [0.1, 0.15) is 6.92 Å². The van der Waals surface area contributed by atoms with Crippen LogP contribution >= 0.6 is 23.1 Å². The number of rotatable bonds is 5. The zero-order chi connectivity index (χ0) is 10.6. The third-order valence-electron chi connectivity index (χ3n) is 1.99. The minimum absolute atomic E-state index is 0.343. The zero-order valence-corrected chi connectivity index (χ0v) is 9.74. The van der Waals surface area contributed by atoms with E-state index in [2.05, 4.69) is 10.3 Å². The summed E-state index contributed by atoms with van der Waals surface area (Å²) < 4.78 is 0.952. The summed E-state index contributed by atoms with van der Waals surface area (Å²) in [6, 6.07) is 0. The summed E-state index contributed by atoms with van der Waals surface area (Å²) in [6.07, 6.45) is 1.74. The molecule has 0 aliphatic rings. The topological polar surface area (TPSA) is 68.0 Å². The first-order valence-corrected chi connectivity index (χ1v) is 5.96. The highest BCUT2D eigenvalue weighted by molar-refractivity contribution is 8.01. The van der Waals surface area contributed by atoms with Crippen molar-refractivity contribution in [3.8, 4) is 0 Å². The predicted molar refractivity (Wildman–Crippen MR) is 59.5 cm³/mol. The quantitative estimate of drug-likeness (QED) is 0.732. The van der Waals surface area contributed by atoms with Gasteiger partial charge in [0.15, 0.2) is 0 Å². The summed E-state index contributed by atoms with van der Waals surface area (Å²) in [7, 11) is 1.73. The normalized spacial score (nSPS) is 15.0. The van der Waals surface area contributed by atoms with Gasteiger partial charge in [0.1, 0.15) is 9.88 Å². The van der Waals surface area contributed by atoms with Crippen molar-refractivity contribution in [1.82, 2.24) is 10.3 Å². The van der Waals surface area contributed by atoms with Gasteiger partial charge >= 0.3 is 0 Å². The molecule has 1 unspecified atom stereocenters. The highest BCUT2D eigenvalue weighted by Gasteiger charge is 2.29. The molecule has 14 heavy (non-hydrogen) atoms. The lowest BCUT2D eigenvalue weighted by atomic mass is 10.1. The van der Waals surface area contributed by atoms with Crippen LogP contribution in [-0.4, -0.2) is 29.2 Å². The molecule has 1 aromatic rings. The van der Waals surface area contributed by atoms with Crippen molar-refractivity contribution in [3.63, 3.8) is 0 Å². The maximum absolute atomic E-state index is 11.1. The van der Waals surface area contributed by atoms with E-state index in [0.29, 0.717) is 5.75 Å². The van der Waals surface area contributed by atoms with E-state index in [1.54, 1.807) is 31.5 Å². The Hall–Kier alpha value is -0.590. The average Bonchev–Trinajstić information content (AvgIpc) is 2.66. The number of aromatic nitrogens is 1. The molecule has 1 rings (SSSR count). The first-order valence-electron chi connectivity index (χ1n) is 4.09. The van der Waals surface area contributed by atoms with E-state index in [0.717, 1.165) is 4.34 Å². The molecule has 78 valence electrons. The molecule has 0 radical (unpaired) electrons. The Morgan fingerprint density at radius 1 is 1.86 bits per heavy atom. The fraction of sp³-hybridized carbons (Fsp3) is 0.500. The second-order valence-electron chi connectivity index (χ2n) is 3.03. The van der Waals surface area contributed by atoms with Crippen molar-refractivity contribution < 1.29 is 4.79 Å². The number of hydrogen-bond donors (Lipinski definition) is 2. The van der Waals surface area contributed by atoms with E-state index < -0.39 is 5.54 Å². The van der Waals surface area contributed by atoms with E-state index in [1.165, 1.54) is 11.8 Å². The molecule has 1 amide bonds. The predicted octanol–water partition coefficient (Wildman–Crippen LogP) is 0.699. The van der Waals surface area contributed by atoms with Gasteiger partial charge in [0.2, 0.25) is 5.91 Å². The van der Waals surface area contributed by atoms with Crippen LogP contribution in [0.3, 0.4) is 0 Å². The van der Waals surface area contributed by atoms with Crippen LogP contribution in [0.5, 0.6) is 0 Å².